The van der Waals surface area contributed by atoms with Crippen molar-refractivity contribution in [1.29, 1.82) is 0 Å². The average Bonchev–Trinajstić information content (AvgIpc) is 2.76. The topological polar surface area (TPSA) is 84.2 Å². The number of carboxylic acids is 1. The number of carbonyl (C=O) groups is 2. The fourth-order valence-electron chi connectivity index (χ4n) is 1.87. The van der Waals surface area contributed by atoms with Crippen LogP contribution in [0.3, 0.4) is 0 Å². The Morgan fingerprint density at radius 3 is 2.79 bits per heavy atom. The molecule has 2 N–H and O–H groups in total. The summed E-state index contributed by atoms with van der Waals surface area (Å²) < 4.78 is 1.28. The fraction of sp³-hybridized carbons (Fsp3) is 0.615. The van der Waals surface area contributed by atoms with E-state index in [0.29, 0.717) is 5.69 Å². The van der Waals surface area contributed by atoms with Crippen LogP contribution in [0.25, 0.3) is 0 Å². The number of rotatable bonds is 8. The molecule has 0 spiro atoms. The highest BCUT2D eigenvalue weighted by atomic mass is 16.4. The quantitative estimate of drug-likeness (QED) is 0.755. The monoisotopic (exact) mass is 267 g/mol. The molecule has 1 unspecified atom stereocenters. The number of hydrogen-bond donors (Lipinski definition) is 2. The Labute approximate surface area is 112 Å². The van der Waals surface area contributed by atoms with E-state index in [1.54, 1.807) is 0 Å². The molecule has 0 aliphatic carbocycles. The molecule has 106 valence electrons. The van der Waals surface area contributed by atoms with Crippen molar-refractivity contribution < 1.29 is 14.7 Å². The molecule has 6 heteroatoms. The van der Waals surface area contributed by atoms with E-state index in [1.165, 1.54) is 17.1 Å². The molecule has 0 aromatic carbocycles. The number of hydrogen-bond acceptors (Lipinski definition) is 3. The number of carboxylic acid groups (broad SMARTS) is 1. The molecular weight excluding hydrogens is 246 g/mol. The third-order valence-corrected chi connectivity index (χ3v) is 2.97. The Kier molecular flexibility index (Phi) is 6.05. The first kappa shape index (κ1) is 15.2. The first-order chi connectivity index (χ1) is 9.06. The number of aromatic nitrogens is 2. The molecule has 1 atom stereocenters. The maximum absolute atomic E-state index is 12.0. The molecule has 0 saturated carbocycles. The SMILES string of the molecule is CCCCC(CC)C(=O)Nc1cnn(CC(=O)O)c1. The Bertz CT molecular complexity index is 429. The zero-order chi connectivity index (χ0) is 14.3. The van der Waals surface area contributed by atoms with Crippen molar-refractivity contribution in [1.82, 2.24) is 9.78 Å². The first-order valence-electron chi connectivity index (χ1n) is 6.61. The highest BCUT2D eigenvalue weighted by molar-refractivity contribution is 5.92. The van der Waals surface area contributed by atoms with Gasteiger partial charge < -0.3 is 10.4 Å². The van der Waals surface area contributed by atoms with E-state index >= 15 is 0 Å². The predicted octanol–water partition coefficient (Wildman–Crippen LogP) is 2.12. The highest BCUT2D eigenvalue weighted by Gasteiger charge is 2.16. The minimum Gasteiger partial charge on any atom is -0.480 e. The number of aliphatic carboxylic acids is 1. The van der Waals surface area contributed by atoms with Gasteiger partial charge in [0.1, 0.15) is 6.54 Å². The molecule has 1 aromatic heterocycles. The number of unbranched alkanes of at least 4 members (excludes halogenated alkanes) is 1. The lowest BCUT2D eigenvalue weighted by atomic mass is 9.98. The fourth-order valence-corrected chi connectivity index (χ4v) is 1.87. The van der Waals surface area contributed by atoms with E-state index in [0.717, 1.165) is 25.7 Å². The summed E-state index contributed by atoms with van der Waals surface area (Å²) in [5, 5.41) is 15.3. The summed E-state index contributed by atoms with van der Waals surface area (Å²) in [6, 6.07) is 0. The van der Waals surface area contributed by atoms with Gasteiger partial charge in [-0.3, -0.25) is 14.3 Å². The lowest BCUT2D eigenvalue weighted by Crippen LogP contribution is -2.22. The van der Waals surface area contributed by atoms with E-state index in [9.17, 15) is 9.59 Å². The van der Waals surface area contributed by atoms with Crippen LogP contribution < -0.4 is 5.32 Å². The van der Waals surface area contributed by atoms with Crippen LogP contribution in [0.1, 0.15) is 39.5 Å². The van der Waals surface area contributed by atoms with Gasteiger partial charge in [-0.15, -0.1) is 0 Å². The van der Waals surface area contributed by atoms with E-state index in [4.69, 9.17) is 5.11 Å². The van der Waals surface area contributed by atoms with Crippen molar-refractivity contribution in [2.45, 2.75) is 46.1 Å². The maximum atomic E-state index is 12.0. The summed E-state index contributed by atoms with van der Waals surface area (Å²) in [5.41, 5.74) is 0.543. The van der Waals surface area contributed by atoms with Gasteiger partial charge >= 0.3 is 5.97 Å². The van der Waals surface area contributed by atoms with Crippen LogP contribution in [0.15, 0.2) is 12.4 Å². The zero-order valence-electron chi connectivity index (χ0n) is 11.4. The maximum Gasteiger partial charge on any atom is 0.325 e. The van der Waals surface area contributed by atoms with Crippen LogP contribution in [0.5, 0.6) is 0 Å². The molecule has 0 radical (unpaired) electrons. The summed E-state index contributed by atoms with van der Waals surface area (Å²) in [6.07, 6.45) is 6.77. The van der Waals surface area contributed by atoms with Crippen molar-refractivity contribution in [3.63, 3.8) is 0 Å². The molecule has 1 heterocycles. The van der Waals surface area contributed by atoms with Crippen LogP contribution in [0, 0.1) is 5.92 Å². The zero-order valence-corrected chi connectivity index (χ0v) is 11.4. The smallest absolute Gasteiger partial charge is 0.325 e. The molecule has 1 aromatic rings. The lowest BCUT2D eigenvalue weighted by Gasteiger charge is -2.13. The first-order valence-corrected chi connectivity index (χ1v) is 6.61. The normalized spacial score (nSPS) is 12.1. The van der Waals surface area contributed by atoms with Crippen LogP contribution in [-0.4, -0.2) is 26.8 Å². The number of amides is 1. The Hall–Kier alpha value is -1.85. The summed E-state index contributed by atoms with van der Waals surface area (Å²) in [7, 11) is 0. The second-order valence-electron chi connectivity index (χ2n) is 4.56. The number of carbonyl (C=O) groups excluding carboxylic acids is 1. The Morgan fingerprint density at radius 2 is 2.21 bits per heavy atom. The van der Waals surface area contributed by atoms with Gasteiger partial charge in [0.15, 0.2) is 0 Å². The van der Waals surface area contributed by atoms with Crippen LogP contribution in [-0.2, 0) is 16.1 Å². The second kappa shape index (κ2) is 7.56. The predicted molar refractivity (Wildman–Crippen MR) is 71.8 cm³/mol. The molecule has 0 aliphatic heterocycles. The summed E-state index contributed by atoms with van der Waals surface area (Å²) in [5.74, 6) is -0.982. The molecule has 0 bridgehead atoms. The van der Waals surface area contributed by atoms with Crippen molar-refractivity contribution >= 4 is 17.6 Å². The van der Waals surface area contributed by atoms with Gasteiger partial charge in [-0.2, -0.15) is 5.10 Å². The number of anilines is 1. The van der Waals surface area contributed by atoms with Crippen molar-refractivity contribution in [2.24, 2.45) is 5.92 Å². The minimum absolute atomic E-state index is 0.00257. The van der Waals surface area contributed by atoms with E-state index in [1.807, 2.05) is 6.92 Å². The highest BCUT2D eigenvalue weighted by Crippen LogP contribution is 2.15. The Balaban J connectivity index is 2.55. The molecule has 1 amide bonds. The van der Waals surface area contributed by atoms with Gasteiger partial charge in [0.05, 0.1) is 11.9 Å². The minimum atomic E-state index is -0.963. The van der Waals surface area contributed by atoms with Gasteiger partial charge in [-0.1, -0.05) is 26.7 Å². The molecule has 0 saturated heterocycles. The lowest BCUT2D eigenvalue weighted by molar-refractivity contribution is -0.137. The summed E-state index contributed by atoms with van der Waals surface area (Å²) in [6.45, 7) is 3.89. The summed E-state index contributed by atoms with van der Waals surface area (Å²) in [4.78, 5) is 22.5. The van der Waals surface area contributed by atoms with E-state index in [-0.39, 0.29) is 18.4 Å². The van der Waals surface area contributed by atoms with Gasteiger partial charge in [0.2, 0.25) is 5.91 Å². The number of nitrogens with one attached hydrogen (secondary N) is 1. The summed E-state index contributed by atoms with van der Waals surface area (Å²) >= 11 is 0. The molecule has 6 nitrogen and oxygen atoms in total. The number of nitrogens with zero attached hydrogens (tertiary/aromatic N) is 2. The second-order valence-corrected chi connectivity index (χ2v) is 4.56. The van der Waals surface area contributed by atoms with Gasteiger partial charge in [0.25, 0.3) is 0 Å². The molecule has 0 aliphatic rings. The third kappa shape index (κ3) is 5.11. The Morgan fingerprint density at radius 1 is 1.47 bits per heavy atom. The average molecular weight is 267 g/mol. The molecular formula is C13H21N3O3. The van der Waals surface area contributed by atoms with Gasteiger partial charge in [-0.25, -0.2) is 0 Å². The van der Waals surface area contributed by atoms with Crippen molar-refractivity contribution in [3.8, 4) is 0 Å². The third-order valence-electron chi connectivity index (χ3n) is 2.97. The van der Waals surface area contributed by atoms with Crippen molar-refractivity contribution in [2.75, 3.05) is 5.32 Å². The molecule has 19 heavy (non-hydrogen) atoms. The van der Waals surface area contributed by atoms with Crippen LogP contribution >= 0.6 is 0 Å². The largest absolute Gasteiger partial charge is 0.480 e. The van der Waals surface area contributed by atoms with Gasteiger partial charge in [-0.05, 0) is 12.8 Å². The van der Waals surface area contributed by atoms with Crippen LogP contribution in [0.2, 0.25) is 0 Å². The van der Waals surface area contributed by atoms with Gasteiger partial charge in [0, 0.05) is 12.1 Å². The van der Waals surface area contributed by atoms with E-state index < -0.39 is 5.97 Å². The van der Waals surface area contributed by atoms with Crippen LogP contribution in [0.4, 0.5) is 5.69 Å². The standard InChI is InChI=1S/C13H21N3O3/c1-3-5-6-10(4-2)13(19)15-11-7-14-16(8-11)9-12(17)18/h7-8,10H,3-6,9H2,1-2H3,(H,15,19)(H,17,18). The molecule has 0 fully saturated rings. The molecule has 1 rings (SSSR count). The van der Waals surface area contributed by atoms with Crippen molar-refractivity contribution in [3.05, 3.63) is 12.4 Å². The van der Waals surface area contributed by atoms with E-state index in [2.05, 4.69) is 17.3 Å².